The van der Waals surface area contributed by atoms with Crippen molar-refractivity contribution in [2.75, 3.05) is 0 Å². The number of ketones is 1. The zero-order chi connectivity index (χ0) is 14.8. The van der Waals surface area contributed by atoms with Crippen LogP contribution in [0.4, 0.5) is 0 Å². The summed E-state index contributed by atoms with van der Waals surface area (Å²) in [6.45, 7) is 1.85. The van der Waals surface area contributed by atoms with Crippen molar-refractivity contribution in [3.8, 4) is 11.1 Å². The fraction of sp³-hybridized carbons (Fsp3) is 0.167. The smallest absolute Gasteiger partial charge is 0.166 e. The van der Waals surface area contributed by atoms with E-state index >= 15 is 0 Å². The van der Waals surface area contributed by atoms with Crippen molar-refractivity contribution in [1.82, 2.24) is 4.98 Å². The molecule has 1 unspecified atom stereocenters. The topological polar surface area (TPSA) is 58.9 Å². The Balaban J connectivity index is 2.06. The van der Waals surface area contributed by atoms with Gasteiger partial charge >= 0.3 is 0 Å². The summed E-state index contributed by atoms with van der Waals surface area (Å²) in [5.74, 6) is 0.0847. The van der Waals surface area contributed by atoms with Crippen LogP contribution in [0.3, 0.4) is 0 Å². The highest BCUT2D eigenvalue weighted by molar-refractivity contribution is 6.08. The quantitative estimate of drug-likeness (QED) is 0.714. The summed E-state index contributed by atoms with van der Waals surface area (Å²) < 4.78 is 0. The van der Waals surface area contributed by atoms with E-state index in [1.54, 1.807) is 6.20 Å². The van der Waals surface area contributed by atoms with Gasteiger partial charge in [0, 0.05) is 35.1 Å². The summed E-state index contributed by atoms with van der Waals surface area (Å²) >= 11 is 0. The van der Waals surface area contributed by atoms with E-state index in [-0.39, 0.29) is 11.8 Å². The van der Waals surface area contributed by atoms with Crippen LogP contribution in [0.25, 0.3) is 22.0 Å². The number of aromatic amines is 1. The molecule has 0 fully saturated rings. The Labute approximate surface area is 123 Å². The summed E-state index contributed by atoms with van der Waals surface area (Å²) in [5, 5.41) is 0.960. The fourth-order valence-electron chi connectivity index (χ4n) is 2.56. The third-order valence-corrected chi connectivity index (χ3v) is 3.60. The molecule has 0 aliphatic rings. The molecule has 3 heteroatoms. The van der Waals surface area contributed by atoms with Gasteiger partial charge in [-0.2, -0.15) is 0 Å². The van der Waals surface area contributed by atoms with Gasteiger partial charge in [-0.15, -0.1) is 0 Å². The van der Waals surface area contributed by atoms with E-state index in [0.29, 0.717) is 6.42 Å². The normalized spacial score (nSPS) is 12.5. The molecule has 1 atom stereocenters. The fourth-order valence-corrected chi connectivity index (χ4v) is 2.56. The van der Waals surface area contributed by atoms with E-state index < -0.39 is 0 Å². The van der Waals surface area contributed by atoms with Gasteiger partial charge in [-0.1, -0.05) is 36.4 Å². The SMILES string of the molecule is CC(N)CC(=O)c1c[nH]c2ccc(-c3ccccc3)cc12. The summed E-state index contributed by atoms with van der Waals surface area (Å²) in [5.41, 5.74) is 9.68. The number of hydrogen-bond donors (Lipinski definition) is 2. The number of aromatic nitrogens is 1. The summed E-state index contributed by atoms with van der Waals surface area (Å²) in [7, 11) is 0. The van der Waals surface area contributed by atoms with E-state index in [4.69, 9.17) is 5.73 Å². The summed E-state index contributed by atoms with van der Waals surface area (Å²) in [6, 6.07) is 16.2. The molecule has 0 aliphatic carbocycles. The van der Waals surface area contributed by atoms with Crippen molar-refractivity contribution in [3.63, 3.8) is 0 Å². The third kappa shape index (κ3) is 2.73. The number of nitrogens with two attached hydrogens (primary N) is 1. The molecule has 1 heterocycles. The predicted molar refractivity (Wildman–Crippen MR) is 86.3 cm³/mol. The molecule has 3 N–H and O–H groups in total. The third-order valence-electron chi connectivity index (χ3n) is 3.60. The van der Waals surface area contributed by atoms with Crippen molar-refractivity contribution >= 4 is 16.7 Å². The highest BCUT2D eigenvalue weighted by atomic mass is 16.1. The molecule has 3 rings (SSSR count). The Hall–Kier alpha value is -2.39. The standard InChI is InChI=1S/C18H18N2O/c1-12(19)9-18(21)16-11-20-17-8-7-14(10-15(16)17)13-5-3-2-4-6-13/h2-8,10-12,20H,9,19H2,1H3. The van der Waals surface area contributed by atoms with E-state index in [0.717, 1.165) is 27.6 Å². The zero-order valence-corrected chi connectivity index (χ0v) is 12.0. The van der Waals surface area contributed by atoms with E-state index in [1.165, 1.54) is 0 Å². The first-order valence-corrected chi connectivity index (χ1v) is 7.10. The number of carbonyl (C=O) groups is 1. The van der Waals surface area contributed by atoms with Crippen molar-refractivity contribution < 1.29 is 4.79 Å². The molecule has 3 nitrogen and oxygen atoms in total. The molecule has 106 valence electrons. The van der Waals surface area contributed by atoms with Gasteiger partial charge < -0.3 is 10.7 Å². The van der Waals surface area contributed by atoms with E-state index in [2.05, 4.69) is 29.2 Å². The number of hydrogen-bond acceptors (Lipinski definition) is 2. The second kappa shape index (κ2) is 5.54. The van der Waals surface area contributed by atoms with Gasteiger partial charge in [-0.3, -0.25) is 4.79 Å². The second-order valence-corrected chi connectivity index (χ2v) is 5.43. The lowest BCUT2D eigenvalue weighted by atomic mass is 10.00. The van der Waals surface area contributed by atoms with Gasteiger partial charge in [0.1, 0.15) is 0 Å². The van der Waals surface area contributed by atoms with Crippen LogP contribution in [0.5, 0.6) is 0 Å². The first-order chi connectivity index (χ1) is 10.1. The maximum absolute atomic E-state index is 12.3. The number of carbonyl (C=O) groups excluding carboxylic acids is 1. The highest BCUT2D eigenvalue weighted by Crippen LogP contribution is 2.27. The average Bonchev–Trinajstić information content (AvgIpc) is 2.90. The number of rotatable bonds is 4. The van der Waals surface area contributed by atoms with Crippen LogP contribution in [-0.4, -0.2) is 16.8 Å². The maximum atomic E-state index is 12.3. The van der Waals surface area contributed by atoms with Crippen molar-refractivity contribution in [2.24, 2.45) is 5.73 Å². The summed E-state index contributed by atoms with van der Waals surface area (Å²) in [6.07, 6.45) is 2.15. The number of Topliss-reactive ketones (excluding diaryl/α,β-unsaturated/α-hetero) is 1. The number of H-pyrrole nitrogens is 1. The highest BCUT2D eigenvalue weighted by Gasteiger charge is 2.14. The molecular weight excluding hydrogens is 260 g/mol. The Bertz CT molecular complexity index is 772. The van der Waals surface area contributed by atoms with E-state index in [1.807, 2.05) is 31.2 Å². The van der Waals surface area contributed by atoms with Gasteiger partial charge in [0.15, 0.2) is 5.78 Å². The zero-order valence-electron chi connectivity index (χ0n) is 12.0. The van der Waals surface area contributed by atoms with Gasteiger partial charge in [0.2, 0.25) is 0 Å². The Morgan fingerprint density at radius 1 is 1.14 bits per heavy atom. The van der Waals surface area contributed by atoms with Crippen LogP contribution in [0.15, 0.2) is 54.7 Å². The molecule has 0 amide bonds. The monoisotopic (exact) mass is 278 g/mol. The molecular formula is C18H18N2O. The minimum atomic E-state index is -0.125. The molecule has 1 aromatic heterocycles. The van der Waals surface area contributed by atoms with Gasteiger partial charge in [0.05, 0.1) is 0 Å². The molecule has 0 saturated heterocycles. The number of nitrogens with one attached hydrogen (secondary N) is 1. The largest absolute Gasteiger partial charge is 0.360 e. The first-order valence-electron chi connectivity index (χ1n) is 7.10. The minimum absolute atomic E-state index is 0.0847. The van der Waals surface area contributed by atoms with Crippen molar-refractivity contribution in [3.05, 3.63) is 60.3 Å². The van der Waals surface area contributed by atoms with Crippen LogP contribution in [-0.2, 0) is 0 Å². The van der Waals surface area contributed by atoms with Crippen LogP contribution >= 0.6 is 0 Å². The molecule has 3 aromatic rings. The number of benzene rings is 2. The van der Waals surface area contributed by atoms with Crippen LogP contribution < -0.4 is 5.73 Å². The van der Waals surface area contributed by atoms with Crippen molar-refractivity contribution in [2.45, 2.75) is 19.4 Å². The van der Waals surface area contributed by atoms with E-state index in [9.17, 15) is 4.79 Å². The minimum Gasteiger partial charge on any atom is -0.360 e. The molecule has 0 spiro atoms. The lowest BCUT2D eigenvalue weighted by molar-refractivity contribution is 0.0978. The number of fused-ring (bicyclic) bond motifs is 1. The lowest BCUT2D eigenvalue weighted by Gasteiger charge is -2.05. The molecule has 0 saturated carbocycles. The van der Waals surface area contributed by atoms with Crippen LogP contribution in [0.2, 0.25) is 0 Å². The molecule has 0 aliphatic heterocycles. The first kappa shape index (κ1) is 13.6. The Kier molecular flexibility index (Phi) is 3.59. The predicted octanol–water partition coefficient (Wildman–Crippen LogP) is 3.75. The molecule has 21 heavy (non-hydrogen) atoms. The average molecular weight is 278 g/mol. The van der Waals surface area contributed by atoms with Gasteiger partial charge in [0.25, 0.3) is 0 Å². The lowest BCUT2D eigenvalue weighted by Crippen LogP contribution is -2.19. The maximum Gasteiger partial charge on any atom is 0.166 e. The molecule has 2 aromatic carbocycles. The van der Waals surface area contributed by atoms with Crippen molar-refractivity contribution in [1.29, 1.82) is 0 Å². The second-order valence-electron chi connectivity index (χ2n) is 5.43. The van der Waals surface area contributed by atoms with Gasteiger partial charge in [-0.25, -0.2) is 0 Å². The van der Waals surface area contributed by atoms with Crippen LogP contribution in [0, 0.1) is 0 Å². The Morgan fingerprint density at radius 3 is 2.62 bits per heavy atom. The Morgan fingerprint density at radius 2 is 1.90 bits per heavy atom. The molecule has 0 radical (unpaired) electrons. The summed E-state index contributed by atoms with van der Waals surface area (Å²) in [4.78, 5) is 15.4. The van der Waals surface area contributed by atoms with Crippen LogP contribution in [0.1, 0.15) is 23.7 Å². The van der Waals surface area contributed by atoms with Gasteiger partial charge in [-0.05, 0) is 30.2 Å². The molecule has 0 bridgehead atoms.